The Kier molecular flexibility index (Phi) is 3.65. The Bertz CT molecular complexity index is 456. The molecule has 2 rings (SSSR count). The van der Waals surface area contributed by atoms with E-state index in [9.17, 15) is 4.79 Å². The second-order valence-electron chi connectivity index (χ2n) is 4.79. The number of benzene rings is 1. The van der Waals surface area contributed by atoms with Crippen LogP contribution in [-0.2, 0) is 4.79 Å². The van der Waals surface area contributed by atoms with E-state index in [2.05, 4.69) is 17.3 Å². The zero-order valence-electron chi connectivity index (χ0n) is 10.7. The topological polar surface area (TPSA) is 52.9 Å². The molecule has 0 unspecified atom stereocenters. The van der Waals surface area contributed by atoms with Crippen molar-refractivity contribution in [1.29, 1.82) is 0 Å². The zero-order chi connectivity index (χ0) is 13.1. The summed E-state index contributed by atoms with van der Waals surface area (Å²) < 4.78 is 0. The minimum absolute atomic E-state index is 0.0733. The van der Waals surface area contributed by atoms with Gasteiger partial charge in [-0.15, -0.1) is 0 Å². The Balaban J connectivity index is 2.29. The fourth-order valence-corrected chi connectivity index (χ4v) is 2.60. The van der Waals surface area contributed by atoms with Crippen LogP contribution in [0.3, 0.4) is 0 Å². The first-order chi connectivity index (χ1) is 8.63. The summed E-state index contributed by atoms with van der Waals surface area (Å²) in [5.74, 6) is 0.386. The third kappa shape index (κ3) is 2.37. The van der Waals surface area contributed by atoms with Crippen molar-refractivity contribution in [3.63, 3.8) is 0 Å². The van der Waals surface area contributed by atoms with Gasteiger partial charge in [0, 0.05) is 31.8 Å². The maximum Gasteiger partial charge on any atom is 0.219 e. The molecule has 4 heteroatoms. The van der Waals surface area contributed by atoms with Crippen LogP contribution in [0.25, 0.3) is 0 Å². The highest BCUT2D eigenvalue weighted by atomic mass is 16.4. The van der Waals surface area contributed by atoms with Gasteiger partial charge in [-0.2, -0.15) is 0 Å². The van der Waals surface area contributed by atoms with Gasteiger partial charge < -0.3 is 10.1 Å². The number of oxime groups is 1. The van der Waals surface area contributed by atoms with E-state index in [1.807, 2.05) is 30.0 Å². The van der Waals surface area contributed by atoms with Gasteiger partial charge in [-0.1, -0.05) is 35.5 Å². The van der Waals surface area contributed by atoms with Crippen molar-refractivity contribution in [3.8, 4) is 0 Å². The molecule has 1 N–H and O–H groups in total. The van der Waals surface area contributed by atoms with Gasteiger partial charge in [0.1, 0.15) is 0 Å². The molecule has 1 amide bonds. The Morgan fingerprint density at radius 1 is 1.28 bits per heavy atom. The highest BCUT2D eigenvalue weighted by Crippen LogP contribution is 2.33. The third-order valence-electron chi connectivity index (χ3n) is 3.69. The van der Waals surface area contributed by atoms with Gasteiger partial charge in [0.05, 0.1) is 5.71 Å². The van der Waals surface area contributed by atoms with Crippen LogP contribution in [-0.4, -0.2) is 34.8 Å². The first-order valence-electron chi connectivity index (χ1n) is 6.12. The van der Waals surface area contributed by atoms with Crippen LogP contribution >= 0.6 is 0 Å². The molecule has 4 nitrogen and oxygen atoms in total. The van der Waals surface area contributed by atoms with Crippen molar-refractivity contribution in [2.75, 3.05) is 13.1 Å². The Hall–Kier alpha value is -1.84. The molecule has 96 valence electrons. The standard InChI is InChI=1S/C14H18N2O2/c1-10(15-18)13-8-16(11(2)17)9-14(13)12-6-4-3-5-7-12/h3-7,13-14,18H,8-9H2,1-2H3/b15-10-/t13-,14-/m0/s1. The molecule has 0 spiro atoms. The number of carbonyl (C=O) groups is 1. The van der Waals surface area contributed by atoms with Gasteiger partial charge in [0.2, 0.25) is 5.91 Å². The molecule has 18 heavy (non-hydrogen) atoms. The van der Waals surface area contributed by atoms with Crippen LogP contribution in [0.5, 0.6) is 0 Å². The molecule has 1 aromatic carbocycles. The third-order valence-corrected chi connectivity index (χ3v) is 3.69. The van der Waals surface area contributed by atoms with E-state index >= 15 is 0 Å². The fourth-order valence-electron chi connectivity index (χ4n) is 2.60. The van der Waals surface area contributed by atoms with Crippen LogP contribution in [0.2, 0.25) is 0 Å². The predicted octanol–water partition coefficient (Wildman–Crippen LogP) is 2.10. The largest absolute Gasteiger partial charge is 0.411 e. The summed E-state index contributed by atoms with van der Waals surface area (Å²) in [6.07, 6.45) is 0. The van der Waals surface area contributed by atoms with Crippen molar-refractivity contribution < 1.29 is 10.0 Å². The van der Waals surface area contributed by atoms with E-state index in [1.165, 1.54) is 5.56 Å². The first-order valence-corrected chi connectivity index (χ1v) is 6.12. The number of rotatable bonds is 2. The average Bonchev–Trinajstić information content (AvgIpc) is 2.84. The SMILES string of the molecule is CC(=O)N1C[C@@H](/C(C)=N\O)[C@H](c2ccccc2)C1. The minimum atomic E-state index is 0.0733. The van der Waals surface area contributed by atoms with E-state index in [0.717, 1.165) is 0 Å². The highest BCUT2D eigenvalue weighted by Gasteiger charge is 2.36. The quantitative estimate of drug-likeness (QED) is 0.493. The summed E-state index contributed by atoms with van der Waals surface area (Å²) in [5, 5.41) is 12.3. The Labute approximate surface area is 107 Å². The summed E-state index contributed by atoms with van der Waals surface area (Å²) in [5.41, 5.74) is 1.88. The second-order valence-corrected chi connectivity index (χ2v) is 4.79. The molecule has 1 fully saturated rings. The van der Waals surface area contributed by atoms with Gasteiger partial charge in [-0.05, 0) is 12.5 Å². The van der Waals surface area contributed by atoms with Crippen LogP contribution in [0.4, 0.5) is 0 Å². The zero-order valence-corrected chi connectivity index (χ0v) is 10.7. The molecular formula is C14H18N2O2. The Morgan fingerprint density at radius 2 is 1.94 bits per heavy atom. The summed E-state index contributed by atoms with van der Waals surface area (Å²) >= 11 is 0. The average molecular weight is 246 g/mol. The van der Waals surface area contributed by atoms with E-state index < -0.39 is 0 Å². The molecule has 1 saturated heterocycles. The Morgan fingerprint density at radius 3 is 2.50 bits per heavy atom. The molecule has 1 aliphatic heterocycles. The van der Waals surface area contributed by atoms with Crippen LogP contribution in [0.15, 0.2) is 35.5 Å². The lowest BCUT2D eigenvalue weighted by atomic mass is 9.86. The number of likely N-dealkylation sites (tertiary alicyclic amines) is 1. The summed E-state index contributed by atoms with van der Waals surface area (Å²) in [7, 11) is 0. The van der Waals surface area contributed by atoms with Crippen molar-refractivity contribution >= 4 is 11.6 Å². The molecule has 0 bridgehead atoms. The summed E-state index contributed by atoms with van der Waals surface area (Å²) in [6.45, 7) is 4.71. The highest BCUT2D eigenvalue weighted by molar-refractivity contribution is 5.86. The molecule has 2 atom stereocenters. The normalized spacial score (nSPS) is 24.3. The van der Waals surface area contributed by atoms with Gasteiger partial charge >= 0.3 is 0 Å². The van der Waals surface area contributed by atoms with E-state index in [-0.39, 0.29) is 17.7 Å². The lowest BCUT2D eigenvalue weighted by Gasteiger charge is -2.17. The van der Waals surface area contributed by atoms with Crippen LogP contribution < -0.4 is 0 Å². The van der Waals surface area contributed by atoms with Gasteiger partial charge in [-0.25, -0.2) is 0 Å². The van der Waals surface area contributed by atoms with Crippen LogP contribution in [0.1, 0.15) is 25.3 Å². The molecule has 0 saturated carbocycles. The lowest BCUT2D eigenvalue weighted by molar-refractivity contribution is -0.127. The summed E-state index contributed by atoms with van der Waals surface area (Å²) in [4.78, 5) is 13.3. The number of carbonyl (C=O) groups excluding carboxylic acids is 1. The van der Waals surface area contributed by atoms with Crippen molar-refractivity contribution in [2.24, 2.45) is 11.1 Å². The molecule has 1 heterocycles. The van der Waals surface area contributed by atoms with Gasteiger partial charge in [-0.3, -0.25) is 4.79 Å². The molecule has 0 aromatic heterocycles. The van der Waals surface area contributed by atoms with E-state index in [1.54, 1.807) is 6.92 Å². The second kappa shape index (κ2) is 5.21. The fraction of sp³-hybridized carbons (Fsp3) is 0.429. The molecule has 0 aliphatic carbocycles. The van der Waals surface area contributed by atoms with E-state index in [0.29, 0.717) is 18.8 Å². The monoisotopic (exact) mass is 246 g/mol. The van der Waals surface area contributed by atoms with Crippen molar-refractivity contribution in [3.05, 3.63) is 35.9 Å². The van der Waals surface area contributed by atoms with Crippen LogP contribution in [0, 0.1) is 5.92 Å². The predicted molar refractivity (Wildman–Crippen MR) is 69.8 cm³/mol. The first kappa shape index (κ1) is 12.6. The van der Waals surface area contributed by atoms with Crippen molar-refractivity contribution in [1.82, 2.24) is 4.90 Å². The van der Waals surface area contributed by atoms with Crippen molar-refractivity contribution in [2.45, 2.75) is 19.8 Å². The number of hydrogen-bond donors (Lipinski definition) is 1. The molecule has 1 aliphatic rings. The maximum absolute atomic E-state index is 11.5. The molecular weight excluding hydrogens is 228 g/mol. The number of nitrogens with zero attached hydrogens (tertiary/aromatic N) is 2. The van der Waals surface area contributed by atoms with E-state index in [4.69, 9.17) is 5.21 Å². The maximum atomic E-state index is 11.5. The molecule has 1 aromatic rings. The smallest absolute Gasteiger partial charge is 0.219 e. The summed E-state index contributed by atoms with van der Waals surface area (Å²) in [6, 6.07) is 10.1. The number of hydrogen-bond acceptors (Lipinski definition) is 3. The van der Waals surface area contributed by atoms with Gasteiger partial charge in [0.25, 0.3) is 0 Å². The molecule has 0 radical (unpaired) electrons. The van der Waals surface area contributed by atoms with Gasteiger partial charge in [0.15, 0.2) is 0 Å². The number of amides is 1. The lowest BCUT2D eigenvalue weighted by Crippen LogP contribution is -2.27. The minimum Gasteiger partial charge on any atom is -0.411 e.